The molecule has 1 aliphatic heterocycles. The van der Waals surface area contributed by atoms with Gasteiger partial charge in [0.15, 0.2) is 11.5 Å². The lowest BCUT2D eigenvalue weighted by molar-refractivity contribution is 0.102. The van der Waals surface area contributed by atoms with Crippen molar-refractivity contribution in [3.8, 4) is 11.5 Å². The van der Waals surface area contributed by atoms with E-state index in [1.807, 2.05) is 30.5 Å². The summed E-state index contributed by atoms with van der Waals surface area (Å²) >= 11 is 0. The molecule has 116 valence electrons. The summed E-state index contributed by atoms with van der Waals surface area (Å²) in [5.74, 6) is 1.13. The largest absolute Gasteiger partial charge is 0.490 e. The van der Waals surface area contributed by atoms with Crippen molar-refractivity contribution in [2.45, 2.75) is 6.42 Å². The fourth-order valence-electron chi connectivity index (χ4n) is 2.63. The molecule has 23 heavy (non-hydrogen) atoms. The number of rotatable bonds is 2. The van der Waals surface area contributed by atoms with Crippen LogP contribution < -0.4 is 14.8 Å². The van der Waals surface area contributed by atoms with Gasteiger partial charge in [-0.15, -0.1) is 0 Å². The molecule has 0 radical (unpaired) electrons. The molecule has 0 aliphatic carbocycles. The lowest BCUT2D eigenvalue weighted by atomic mass is 10.1. The Hall–Kier alpha value is -2.95. The SMILES string of the molecule is O=C(Nc1ccc2cc[nH]c2c1)c1ccc2c(c1)OCCCO2. The van der Waals surface area contributed by atoms with E-state index in [0.29, 0.717) is 30.3 Å². The van der Waals surface area contributed by atoms with Crippen LogP contribution in [0.4, 0.5) is 5.69 Å². The van der Waals surface area contributed by atoms with Gasteiger partial charge in [-0.2, -0.15) is 0 Å². The highest BCUT2D eigenvalue weighted by Gasteiger charge is 2.14. The van der Waals surface area contributed by atoms with Crippen LogP contribution in [0.5, 0.6) is 11.5 Å². The van der Waals surface area contributed by atoms with Crippen molar-refractivity contribution in [1.29, 1.82) is 0 Å². The Kier molecular flexibility index (Phi) is 3.38. The maximum atomic E-state index is 12.4. The number of aromatic amines is 1. The topological polar surface area (TPSA) is 63.4 Å². The molecule has 2 N–H and O–H groups in total. The van der Waals surface area contributed by atoms with Gasteiger partial charge in [-0.1, -0.05) is 6.07 Å². The minimum absolute atomic E-state index is 0.174. The number of aromatic nitrogens is 1. The van der Waals surface area contributed by atoms with Gasteiger partial charge in [0, 0.05) is 29.4 Å². The molecular formula is C18H16N2O3. The van der Waals surface area contributed by atoms with Gasteiger partial charge in [0.2, 0.25) is 0 Å². The number of nitrogens with one attached hydrogen (secondary N) is 2. The number of H-pyrrole nitrogens is 1. The van der Waals surface area contributed by atoms with E-state index in [1.165, 1.54) is 0 Å². The molecule has 0 fully saturated rings. The average Bonchev–Trinajstić information content (AvgIpc) is 2.90. The monoisotopic (exact) mass is 308 g/mol. The van der Waals surface area contributed by atoms with E-state index < -0.39 is 0 Å². The van der Waals surface area contributed by atoms with E-state index in [2.05, 4.69) is 10.3 Å². The van der Waals surface area contributed by atoms with Crippen molar-refractivity contribution in [3.63, 3.8) is 0 Å². The van der Waals surface area contributed by atoms with Gasteiger partial charge in [0.05, 0.1) is 13.2 Å². The van der Waals surface area contributed by atoms with Gasteiger partial charge in [-0.25, -0.2) is 0 Å². The molecule has 4 rings (SSSR count). The summed E-state index contributed by atoms with van der Waals surface area (Å²) in [6.07, 6.45) is 2.71. The van der Waals surface area contributed by atoms with Crippen LogP contribution in [0, 0.1) is 0 Å². The maximum Gasteiger partial charge on any atom is 0.255 e. The summed E-state index contributed by atoms with van der Waals surface area (Å²) in [6, 6.07) is 13.0. The van der Waals surface area contributed by atoms with Crippen LogP contribution in [0.2, 0.25) is 0 Å². The Morgan fingerprint density at radius 2 is 1.87 bits per heavy atom. The summed E-state index contributed by atoms with van der Waals surface area (Å²) in [5.41, 5.74) is 2.28. The molecule has 0 bridgehead atoms. The number of hydrogen-bond donors (Lipinski definition) is 2. The average molecular weight is 308 g/mol. The number of amides is 1. The molecule has 3 aromatic rings. The first-order chi connectivity index (χ1) is 11.3. The van der Waals surface area contributed by atoms with Crippen LogP contribution >= 0.6 is 0 Å². The van der Waals surface area contributed by atoms with Crippen LogP contribution in [0.15, 0.2) is 48.7 Å². The molecule has 1 aliphatic rings. The minimum atomic E-state index is -0.174. The van der Waals surface area contributed by atoms with Crippen molar-refractivity contribution in [1.82, 2.24) is 4.98 Å². The van der Waals surface area contributed by atoms with Crippen LogP contribution in [-0.4, -0.2) is 24.1 Å². The van der Waals surface area contributed by atoms with Crippen LogP contribution in [0.25, 0.3) is 10.9 Å². The molecule has 1 amide bonds. The van der Waals surface area contributed by atoms with Crippen LogP contribution in [0.1, 0.15) is 16.8 Å². The van der Waals surface area contributed by atoms with Crippen molar-refractivity contribution in [2.24, 2.45) is 0 Å². The standard InChI is InChI=1S/C18H16N2O3/c21-18(20-14-4-2-12-6-7-19-15(12)11-14)13-3-5-16-17(10-13)23-9-1-8-22-16/h2-7,10-11,19H,1,8-9H2,(H,20,21). The predicted molar refractivity (Wildman–Crippen MR) is 88.3 cm³/mol. The molecule has 2 aromatic carbocycles. The first-order valence-electron chi connectivity index (χ1n) is 7.58. The second kappa shape index (κ2) is 5.68. The molecule has 0 spiro atoms. The zero-order valence-electron chi connectivity index (χ0n) is 12.5. The molecule has 0 unspecified atom stereocenters. The lowest BCUT2D eigenvalue weighted by Crippen LogP contribution is -2.12. The summed E-state index contributed by atoms with van der Waals surface area (Å²) < 4.78 is 11.2. The molecule has 0 atom stereocenters. The molecule has 1 aromatic heterocycles. The predicted octanol–water partition coefficient (Wildman–Crippen LogP) is 3.58. The van der Waals surface area contributed by atoms with Gasteiger partial charge in [-0.05, 0) is 41.8 Å². The van der Waals surface area contributed by atoms with E-state index in [0.717, 1.165) is 23.0 Å². The third-order valence-corrected chi connectivity index (χ3v) is 3.82. The Morgan fingerprint density at radius 3 is 2.78 bits per heavy atom. The normalized spacial score (nSPS) is 13.6. The number of benzene rings is 2. The lowest BCUT2D eigenvalue weighted by Gasteiger charge is -2.10. The number of anilines is 1. The summed E-state index contributed by atoms with van der Waals surface area (Å²) in [5, 5.41) is 4.02. The molecule has 2 heterocycles. The van der Waals surface area contributed by atoms with Crippen LogP contribution in [0.3, 0.4) is 0 Å². The third-order valence-electron chi connectivity index (χ3n) is 3.82. The molecule has 0 saturated carbocycles. The zero-order valence-corrected chi connectivity index (χ0v) is 12.5. The molecular weight excluding hydrogens is 292 g/mol. The third kappa shape index (κ3) is 2.73. The Morgan fingerprint density at radius 1 is 1.00 bits per heavy atom. The molecule has 5 nitrogen and oxygen atoms in total. The summed E-state index contributed by atoms with van der Waals surface area (Å²) in [6.45, 7) is 1.23. The highest BCUT2D eigenvalue weighted by molar-refractivity contribution is 6.05. The molecule has 5 heteroatoms. The van der Waals surface area contributed by atoms with Gasteiger partial charge in [-0.3, -0.25) is 4.79 Å². The Bertz CT molecular complexity index is 870. The smallest absolute Gasteiger partial charge is 0.255 e. The quantitative estimate of drug-likeness (QED) is 0.760. The van der Waals surface area contributed by atoms with E-state index in [-0.39, 0.29) is 5.91 Å². The number of fused-ring (bicyclic) bond motifs is 2. The van der Waals surface area contributed by atoms with Crippen molar-refractivity contribution in [3.05, 3.63) is 54.2 Å². The summed E-state index contributed by atoms with van der Waals surface area (Å²) in [7, 11) is 0. The maximum absolute atomic E-state index is 12.4. The minimum Gasteiger partial charge on any atom is -0.490 e. The first-order valence-corrected chi connectivity index (χ1v) is 7.58. The number of carbonyl (C=O) groups excluding carboxylic acids is 1. The van der Waals surface area contributed by atoms with Crippen molar-refractivity contribution >= 4 is 22.5 Å². The van der Waals surface area contributed by atoms with Gasteiger partial charge < -0.3 is 19.8 Å². The highest BCUT2D eigenvalue weighted by Crippen LogP contribution is 2.30. The second-order valence-corrected chi connectivity index (χ2v) is 5.45. The van der Waals surface area contributed by atoms with Crippen LogP contribution in [-0.2, 0) is 0 Å². The van der Waals surface area contributed by atoms with E-state index in [9.17, 15) is 4.79 Å². The van der Waals surface area contributed by atoms with Gasteiger partial charge >= 0.3 is 0 Å². The molecule has 0 saturated heterocycles. The number of carbonyl (C=O) groups is 1. The van der Waals surface area contributed by atoms with E-state index in [4.69, 9.17) is 9.47 Å². The van der Waals surface area contributed by atoms with Crippen molar-refractivity contribution in [2.75, 3.05) is 18.5 Å². The van der Waals surface area contributed by atoms with Gasteiger partial charge in [0.25, 0.3) is 5.91 Å². The Balaban J connectivity index is 1.57. The fourth-order valence-corrected chi connectivity index (χ4v) is 2.63. The number of hydrogen-bond acceptors (Lipinski definition) is 3. The second-order valence-electron chi connectivity index (χ2n) is 5.45. The first kappa shape index (κ1) is 13.7. The van der Waals surface area contributed by atoms with E-state index in [1.54, 1.807) is 18.2 Å². The zero-order chi connectivity index (χ0) is 15.6. The number of ether oxygens (including phenoxy) is 2. The van der Waals surface area contributed by atoms with E-state index >= 15 is 0 Å². The fraction of sp³-hybridized carbons (Fsp3) is 0.167. The van der Waals surface area contributed by atoms with Gasteiger partial charge in [0.1, 0.15) is 0 Å². The summed E-state index contributed by atoms with van der Waals surface area (Å²) in [4.78, 5) is 15.6. The van der Waals surface area contributed by atoms with Crippen molar-refractivity contribution < 1.29 is 14.3 Å². The Labute approximate surface area is 133 Å². The highest BCUT2D eigenvalue weighted by atomic mass is 16.5.